The van der Waals surface area contributed by atoms with E-state index in [0.717, 1.165) is 30.6 Å². The number of thiophene rings is 1. The molecule has 1 saturated carbocycles. The highest BCUT2D eigenvalue weighted by Gasteiger charge is 2.28. The van der Waals surface area contributed by atoms with Crippen LogP contribution in [0.4, 0.5) is 0 Å². The number of hydrogen-bond donors (Lipinski definition) is 1. The van der Waals surface area contributed by atoms with Gasteiger partial charge >= 0.3 is 0 Å². The quantitative estimate of drug-likeness (QED) is 0.459. The van der Waals surface area contributed by atoms with Crippen LogP contribution in [-0.2, 0) is 15.6 Å². The van der Waals surface area contributed by atoms with Gasteiger partial charge in [0.15, 0.2) is 21.5 Å². The van der Waals surface area contributed by atoms with Crippen LogP contribution in [0.25, 0.3) is 16.4 Å². The van der Waals surface area contributed by atoms with Crippen LogP contribution < -0.4 is 9.47 Å². The lowest BCUT2D eigenvalue weighted by Gasteiger charge is -2.18. The van der Waals surface area contributed by atoms with E-state index < -0.39 is 15.9 Å². The van der Waals surface area contributed by atoms with Crippen LogP contribution in [0.2, 0.25) is 0 Å². The predicted molar refractivity (Wildman–Crippen MR) is 128 cm³/mol. The first-order valence-electron chi connectivity index (χ1n) is 11.0. The maximum Gasteiger partial charge on any atom is 0.178 e. The van der Waals surface area contributed by atoms with Crippen molar-refractivity contribution in [1.29, 1.82) is 0 Å². The molecule has 3 aromatic rings. The molecule has 1 atom stereocenters. The minimum Gasteiger partial charge on any atom is -0.494 e. The van der Waals surface area contributed by atoms with Gasteiger partial charge in [-0.15, -0.1) is 21.5 Å². The summed E-state index contributed by atoms with van der Waals surface area (Å²) in [5.74, 6) is 1.62. The fourth-order valence-corrected chi connectivity index (χ4v) is 6.43. The van der Waals surface area contributed by atoms with Gasteiger partial charge in [0.2, 0.25) is 0 Å². The first-order chi connectivity index (χ1) is 15.9. The van der Waals surface area contributed by atoms with E-state index in [9.17, 15) is 13.5 Å². The summed E-state index contributed by atoms with van der Waals surface area (Å²) in [6, 6.07) is 9.18. The molecule has 0 saturated heterocycles. The largest absolute Gasteiger partial charge is 0.494 e. The fourth-order valence-electron chi connectivity index (χ4n) is 4.41. The Morgan fingerprint density at radius 3 is 2.42 bits per heavy atom. The van der Waals surface area contributed by atoms with E-state index in [1.54, 1.807) is 37.0 Å². The molecule has 4 rings (SSSR count). The number of nitrogens with zero attached hydrogens (tertiary/aromatic N) is 3. The molecule has 2 heterocycles. The molecule has 1 fully saturated rings. The van der Waals surface area contributed by atoms with Crippen LogP contribution in [0, 0.1) is 5.92 Å². The third-order valence-corrected chi connectivity index (χ3v) is 8.54. The highest BCUT2D eigenvalue weighted by Crippen LogP contribution is 2.37. The average molecular weight is 492 g/mol. The molecule has 0 bridgehead atoms. The number of aromatic nitrogens is 3. The van der Waals surface area contributed by atoms with Gasteiger partial charge in [-0.25, -0.2) is 8.42 Å². The number of para-hydroxylation sites is 1. The zero-order valence-corrected chi connectivity index (χ0v) is 20.4. The van der Waals surface area contributed by atoms with E-state index in [2.05, 4.69) is 10.2 Å². The van der Waals surface area contributed by atoms with Crippen LogP contribution in [0.15, 0.2) is 35.7 Å². The highest BCUT2D eigenvalue weighted by atomic mass is 32.2. The molecule has 2 aromatic heterocycles. The second-order valence-corrected chi connectivity index (χ2v) is 11.4. The van der Waals surface area contributed by atoms with Crippen LogP contribution in [-0.4, -0.2) is 54.4 Å². The maximum absolute atomic E-state index is 13.1. The normalized spacial score (nSPS) is 15.6. The van der Waals surface area contributed by atoms with Crippen molar-refractivity contribution in [3.8, 4) is 27.9 Å². The Kier molecular flexibility index (Phi) is 7.35. The van der Waals surface area contributed by atoms with Crippen LogP contribution in [0.1, 0.15) is 37.9 Å². The monoisotopic (exact) mass is 491 g/mol. The van der Waals surface area contributed by atoms with Crippen molar-refractivity contribution in [3.05, 3.63) is 41.5 Å². The number of aliphatic hydroxyl groups excluding tert-OH is 1. The van der Waals surface area contributed by atoms with E-state index in [1.165, 1.54) is 11.3 Å². The lowest BCUT2D eigenvalue weighted by molar-refractivity contribution is 0.107. The minimum absolute atomic E-state index is 0.102. The van der Waals surface area contributed by atoms with Crippen molar-refractivity contribution >= 4 is 21.2 Å². The third kappa shape index (κ3) is 5.23. The number of sulfone groups is 1. The number of ether oxygens (including phenoxy) is 2. The Morgan fingerprint density at radius 2 is 1.82 bits per heavy atom. The van der Waals surface area contributed by atoms with Gasteiger partial charge in [-0.3, -0.25) is 4.57 Å². The molecule has 10 heteroatoms. The van der Waals surface area contributed by atoms with Gasteiger partial charge in [-0.1, -0.05) is 25.0 Å². The van der Waals surface area contributed by atoms with Crippen molar-refractivity contribution in [2.24, 2.45) is 5.92 Å². The number of methoxy groups -OCH3 is 2. The smallest absolute Gasteiger partial charge is 0.178 e. The summed E-state index contributed by atoms with van der Waals surface area (Å²) in [7, 11) is -0.446. The zero-order valence-electron chi connectivity index (χ0n) is 18.8. The summed E-state index contributed by atoms with van der Waals surface area (Å²) in [6.07, 6.45) is 3.78. The molecule has 0 amide bonds. The third-order valence-electron chi connectivity index (χ3n) is 6.11. The molecular formula is C23H29N3O5S2. The fraction of sp³-hybridized carbons (Fsp3) is 0.478. The molecule has 1 aliphatic carbocycles. The van der Waals surface area contributed by atoms with Gasteiger partial charge in [0.1, 0.15) is 22.9 Å². The van der Waals surface area contributed by atoms with Gasteiger partial charge in [0.05, 0.1) is 31.0 Å². The van der Waals surface area contributed by atoms with E-state index in [0.29, 0.717) is 23.0 Å². The molecule has 1 N–H and O–H groups in total. The van der Waals surface area contributed by atoms with Gasteiger partial charge in [-0.05, 0) is 48.8 Å². The molecule has 0 unspecified atom stereocenters. The van der Waals surface area contributed by atoms with Crippen LogP contribution >= 0.6 is 11.3 Å². The Morgan fingerprint density at radius 1 is 1.12 bits per heavy atom. The number of aliphatic hydroxyl groups is 1. The molecule has 1 aromatic carbocycles. The van der Waals surface area contributed by atoms with Gasteiger partial charge in [0, 0.05) is 0 Å². The van der Waals surface area contributed by atoms with Crippen LogP contribution in [0.3, 0.4) is 0 Å². The molecule has 1 aliphatic rings. The predicted octanol–water partition coefficient (Wildman–Crippen LogP) is 3.87. The summed E-state index contributed by atoms with van der Waals surface area (Å²) in [5.41, 5.74) is 0.548. The van der Waals surface area contributed by atoms with Crippen molar-refractivity contribution in [3.63, 3.8) is 0 Å². The second kappa shape index (κ2) is 10.2. The summed E-state index contributed by atoms with van der Waals surface area (Å²) in [5, 5.41) is 21.0. The summed E-state index contributed by atoms with van der Waals surface area (Å²) >= 11 is 1.48. The first kappa shape index (κ1) is 23.7. The molecule has 0 aliphatic heterocycles. The molecule has 0 spiro atoms. The van der Waals surface area contributed by atoms with E-state index in [4.69, 9.17) is 9.47 Å². The van der Waals surface area contributed by atoms with Crippen molar-refractivity contribution in [2.75, 3.05) is 20.0 Å². The molecule has 178 valence electrons. The van der Waals surface area contributed by atoms with Crippen molar-refractivity contribution in [2.45, 2.75) is 44.0 Å². The lowest BCUT2D eigenvalue weighted by Crippen LogP contribution is -2.23. The Labute approximate surface area is 198 Å². The number of benzene rings is 1. The molecule has 0 radical (unpaired) electrons. The topological polar surface area (TPSA) is 104 Å². The lowest BCUT2D eigenvalue weighted by atomic mass is 9.99. The summed E-state index contributed by atoms with van der Waals surface area (Å²) in [6.45, 7) is 0. The van der Waals surface area contributed by atoms with Crippen molar-refractivity contribution in [1.82, 2.24) is 14.8 Å². The van der Waals surface area contributed by atoms with Gasteiger partial charge < -0.3 is 14.6 Å². The molecular weight excluding hydrogens is 462 g/mol. The van der Waals surface area contributed by atoms with E-state index >= 15 is 0 Å². The molecule has 33 heavy (non-hydrogen) atoms. The van der Waals surface area contributed by atoms with E-state index in [-0.39, 0.29) is 29.7 Å². The first-order valence-corrected chi connectivity index (χ1v) is 13.7. The Balaban J connectivity index is 1.68. The van der Waals surface area contributed by atoms with Gasteiger partial charge in [0.25, 0.3) is 0 Å². The maximum atomic E-state index is 13.1. The minimum atomic E-state index is -3.55. The Bertz CT molecular complexity index is 1150. The SMILES string of the molecule is COc1cccc(OC)c1-n1c(CS(=O)(=O)CC[C@@H](O)C2CCCC2)nnc1-c1cccs1. The zero-order chi connectivity index (χ0) is 23.4. The number of hydrogen-bond acceptors (Lipinski definition) is 8. The standard InChI is InChI=1S/C23H29N3O5S2/c1-30-18-9-5-10-19(31-2)22(18)26-21(24-25-23(26)20-11-6-13-32-20)15-33(28,29)14-12-17(27)16-7-3-4-8-16/h5-6,9-11,13,16-17,27H,3-4,7-8,12,14-15H2,1-2H3/t17-/m1/s1. The summed E-state index contributed by atoms with van der Waals surface area (Å²) in [4.78, 5) is 0.843. The van der Waals surface area contributed by atoms with Gasteiger partial charge in [-0.2, -0.15) is 0 Å². The average Bonchev–Trinajstić information content (AvgIpc) is 3.58. The Hall–Kier alpha value is -2.43. The number of rotatable bonds is 10. The van der Waals surface area contributed by atoms with Crippen molar-refractivity contribution < 1.29 is 23.0 Å². The highest BCUT2D eigenvalue weighted by molar-refractivity contribution is 7.90. The second-order valence-electron chi connectivity index (χ2n) is 8.26. The van der Waals surface area contributed by atoms with E-state index in [1.807, 2.05) is 17.5 Å². The summed E-state index contributed by atoms with van der Waals surface area (Å²) < 4.78 is 39.0. The van der Waals surface area contributed by atoms with Crippen LogP contribution in [0.5, 0.6) is 11.5 Å². The molecule has 8 nitrogen and oxygen atoms in total.